The first-order chi connectivity index (χ1) is 17.8. The molecule has 0 saturated heterocycles. The predicted molar refractivity (Wildman–Crippen MR) is 128 cm³/mol. The van der Waals surface area contributed by atoms with Crippen molar-refractivity contribution in [3.8, 4) is 29.0 Å². The number of nitriles is 1. The minimum Gasteiger partial charge on any atom is -0.415 e. The molecule has 0 unspecified atom stereocenters. The van der Waals surface area contributed by atoms with E-state index in [-0.39, 0.29) is 11.6 Å². The molecule has 37 heavy (non-hydrogen) atoms. The van der Waals surface area contributed by atoms with Gasteiger partial charge in [0, 0.05) is 23.0 Å². The lowest BCUT2D eigenvalue weighted by Gasteiger charge is -2.14. The van der Waals surface area contributed by atoms with Gasteiger partial charge in [0.1, 0.15) is 18.2 Å². The smallest absolute Gasteiger partial charge is 0.388 e. The molecule has 5 rings (SSSR count). The Kier molecular flexibility index (Phi) is 6.16. The summed E-state index contributed by atoms with van der Waals surface area (Å²) in [7, 11) is 0. The van der Waals surface area contributed by atoms with Crippen molar-refractivity contribution in [1.29, 1.82) is 5.26 Å². The molecular weight excluding hydrogens is 484 g/mol. The second-order valence-corrected chi connectivity index (χ2v) is 8.05. The number of fused-ring (bicyclic) bond motifs is 1. The van der Waals surface area contributed by atoms with Crippen molar-refractivity contribution in [2.24, 2.45) is 0 Å². The lowest BCUT2D eigenvalue weighted by Crippen LogP contribution is -2.05. The minimum atomic E-state index is -2.98. The summed E-state index contributed by atoms with van der Waals surface area (Å²) in [5, 5.41) is 37.1. The van der Waals surface area contributed by atoms with Crippen LogP contribution in [0, 0.1) is 18.3 Å². The molecule has 4 aromatic heterocycles. The average Bonchev–Trinajstić information content (AvgIpc) is 3.47. The number of imidazole rings is 1. The molecule has 1 atom stereocenters. The number of halogens is 2. The van der Waals surface area contributed by atoms with Gasteiger partial charge in [-0.25, -0.2) is 9.97 Å². The number of ether oxygens (including phenoxy) is 1. The molecule has 1 aromatic carbocycles. The van der Waals surface area contributed by atoms with Crippen molar-refractivity contribution < 1.29 is 18.6 Å². The van der Waals surface area contributed by atoms with Crippen molar-refractivity contribution in [2.75, 3.05) is 5.32 Å². The highest BCUT2D eigenvalue weighted by Gasteiger charge is 2.21. The standard InChI is InChI=1S/C24H19F2N9O2/c1-12-22(17(10-27)32-31-12)23-15(13(2)36)4-7-20(30-23)35-11-28-16-9-14(3-5-18(16)35)29-19-6-8-21(34-33-19)37-24(25)26/h3-9,11,13,24,36H,1-2H3,(H,29,33)(H,31,32)/t13-/m0/s1. The molecule has 0 spiro atoms. The number of benzene rings is 1. The van der Waals surface area contributed by atoms with Crippen LogP contribution in [0.3, 0.4) is 0 Å². The highest BCUT2D eigenvalue weighted by molar-refractivity contribution is 5.82. The lowest BCUT2D eigenvalue weighted by atomic mass is 10.0. The number of aliphatic hydroxyl groups is 1. The second kappa shape index (κ2) is 9.59. The molecule has 5 aromatic rings. The van der Waals surface area contributed by atoms with E-state index in [9.17, 15) is 19.1 Å². The zero-order valence-electron chi connectivity index (χ0n) is 19.5. The SMILES string of the molecule is Cc1[nH]nc(C#N)c1-c1nc(-n2cnc3cc(Nc4ccc(OC(F)F)nn4)ccc32)ccc1[C@H](C)O. The normalized spacial score (nSPS) is 12.0. The van der Waals surface area contributed by atoms with Gasteiger partial charge in [-0.1, -0.05) is 6.07 Å². The van der Waals surface area contributed by atoms with E-state index in [0.29, 0.717) is 45.4 Å². The first-order valence-corrected chi connectivity index (χ1v) is 11.0. The molecule has 0 amide bonds. The van der Waals surface area contributed by atoms with Crippen molar-refractivity contribution in [2.45, 2.75) is 26.6 Å². The van der Waals surface area contributed by atoms with Gasteiger partial charge in [0.05, 0.1) is 28.4 Å². The minimum absolute atomic E-state index is 0.187. The third-order valence-corrected chi connectivity index (χ3v) is 5.57. The fraction of sp³-hybridized carbons (Fsp3) is 0.167. The van der Waals surface area contributed by atoms with E-state index in [0.717, 1.165) is 5.52 Å². The molecule has 0 fully saturated rings. The van der Waals surface area contributed by atoms with Crippen LogP contribution in [0.4, 0.5) is 20.3 Å². The van der Waals surface area contributed by atoms with E-state index in [1.54, 1.807) is 49.0 Å². The van der Waals surface area contributed by atoms with Gasteiger partial charge in [-0.3, -0.25) is 9.67 Å². The molecule has 4 heterocycles. The third-order valence-electron chi connectivity index (χ3n) is 5.57. The second-order valence-electron chi connectivity index (χ2n) is 8.05. The summed E-state index contributed by atoms with van der Waals surface area (Å²) >= 11 is 0. The van der Waals surface area contributed by atoms with Crippen LogP contribution in [0.2, 0.25) is 0 Å². The number of hydrogen-bond acceptors (Lipinski definition) is 9. The van der Waals surface area contributed by atoms with Crippen molar-refractivity contribution in [1.82, 2.24) is 34.9 Å². The summed E-state index contributed by atoms with van der Waals surface area (Å²) < 4.78 is 30.6. The maximum Gasteiger partial charge on any atom is 0.388 e. The van der Waals surface area contributed by atoms with Gasteiger partial charge in [-0.2, -0.15) is 19.1 Å². The molecule has 11 nitrogen and oxygen atoms in total. The highest BCUT2D eigenvalue weighted by atomic mass is 19.3. The third kappa shape index (κ3) is 4.65. The summed E-state index contributed by atoms with van der Waals surface area (Å²) in [4.78, 5) is 9.24. The van der Waals surface area contributed by atoms with Crippen LogP contribution in [0.5, 0.6) is 5.88 Å². The Morgan fingerprint density at radius 3 is 2.70 bits per heavy atom. The molecule has 186 valence electrons. The van der Waals surface area contributed by atoms with Gasteiger partial charge < -0.3 is 15.2 Å². The van der Waals surface area contributed by atoms with Crippen LogP contribution in [0.25, 0.3) is 28.1 Å². The zero-order valence-corrected chi connectivity index (χ0v) is 19.5. The molecule has 0 aliphatic heterocycles. The number of rotatable bonds is 7. The van der Waals surface area contributed by atoms with Gasteiger partial charge in [-0.15, -0.1) is 10.2 Å². The van der Waals surface area contributed by atoms with Crippen molar-refractivity contribution >= 4 is 22.5 Å². The van der Waals surface area contributed by atoms with E-state index in [1.165, 1.54) is 12.1 Å². The quantitative estimate of drug-likeness (QED) is 0.297. The molecule has 0 aliphatic rings. The summed E-state index contributed by atoms with van der Waals surface area (Å²) in [5.41, 5.74) is 4.45. The zero-order chi connectivity index (χ0) is 26.1. The van der Waals surface area contributed by atoms with Gasteiger partial charge in [0.25, 0.3) is 0 Å². The number of aryl methyl sites for hydroxylation is 1. The number of hydrogen-bond donors (Lipinski definition) is 3. The number of pyridine rings is 1. The monoisotopic (exact) mass is 503 g/mol. The first-order valence-electron chi connectivity index (χ1n) is 11.0. The number of aromatic nitrogens is 7. The van der Waals surface area contributed by atoms with E-state index < -0.39 is 12.7 Å². The number of anilines is 2. The van der Waals surface area contributed by atoms with Crippen LogP contribution >= 0.6 is 0 Å². The fourth-order valence-corrected chi connectivity index (χ4v) is 3.89. The number of nitrogens with one attached hydrogen (secondary N) is 2. The van der Waals surface area contributed by atoms with Crippen molar-refractivity contribution in [3.63, 3.8) is 0 Å². The highest BCUT2D eigenvalue weighted by Crippen LogP contribution is 2.32. The maximum absolute atomic E-state index is 12.3. The average molecular weight is 503 g/mol. The molecule has 0 aliphatic carbocycles. The summed E-state index contributed by atoms with van der Waals surface area (Å²) in [6.45, 7) is 0.442. The van der Waals surface area contributed by atoms with E-state index >= 15 is 0 Å². The molecule has 3 N–H and O–H groups in total. The Labute approximate surface area is 208 Å². The maximum atomic E-state index is 12.3. The van der Waals surface area contributed by atoms with Gasteiger partial charge >= 0.3 is 6.61 Å². The summed E-state index contributed by atoms with van der Waals surface area (Å²) in [5.74, 6) is 0.590. The Morgan fingerprint density at radius 1 is 1.16 bits per heavy atom. The van der Waals surface area contributed by atoms with Crippen LogP contribution in [0.15, 0.2) is 48.8 Å². The molecular formula is C24H19F2N9O2. The van der Waals surface area contributed by atoms with Gasteiger partial charge in [-0.05, 0) is 44.2 Å². The number of alkyl halides is 2. The van der Waals surface area contributed by atoms with Crippen molar-refractivity contribution in [3.05, 3.63) is 65.7 Å². The van der Waals surface area contributed by atoms with Gasteiger partial charge in [0.2, 0.25) is 5.88 Å². The van der Waals surface area contributed by atoms with E-state index in [4.69, 9.17) is 4.98 Å². The van der Waals surface area contributed by atoms with Crippen LogP contribution in [-0.2, 0) is 0 Å². The van der Waals surface area contributed by atoms with Crippen LogP contribution in [0.1, 0.15) is 30.0 Å². The number of aromatic amines is 1. The number of H-pyrrole nitrogens is 1. The fourth-order valence-electron chi connectivity index (χ4n) is 3.89. The Bertz CT molecular complexity index is 1620. The molecule has 0 radical (unpaired) electrons. The largest absolute Gasteiger partial charge is 0.415 e. The lowest BCUT2D eigenvalue weighted by molar-refractivity contribution is -0.0534. The topological polar surface area (TPSA) is 150 Å². The molecule has 0 saturated carbocycles. The molecule has 13 heteroatoms. The predicted octanol–water partition coefficient (Wildman–Crippen LogP) is 4.18. The summed E-state index contributed by atoms with van der Waals surface area (Å²) in [6, 6.07) is 13.8. The number of aliphatic hydroxyl groups excluding tert-OH is 1. The Hall–Kier alpha value is -4.96. The van der Waals surface area contributed by atoms with Crippen LogP contribution < -0.4 is 10.1 Å². The number of nitrogens with zero attached hydrogens (tertiary/aromatic N) is 7. The van der Waals surface area contributed by atoms with Crippen LogP contribution in [-0.4, -0.2) is 46.6 Å². The van der Waals surface area contributed by atoms with Gasteiger partial charge in [0.15, 0.2) is 11.5 Å². The Morgan fingerprint density at radius 2 is 2.00 bits per heavy atom. The van der Waals surface area contributed by atoms with E-state index in [2.05, 4.69) is 41.5 Å². The first kappa shape index (κ1) is 23.8. The Balaban J connectivity index is 1.48. The summed E-state index contributed by atoms with van der Waals surface area (Å²) in [6.07, 6.45) is 0.802. The molecule has 0 bridgehead atoms. The van der Waals surface area contributed by atoms with E-state index in [1.807, 2.05) is 6.07 Å².